The van der Waals surface area contributed by atoms with Crippen LogP contribution in [0.4, 0.5) is 0 Å². The average Bonchev–Trinajstić information content (AvgIpc) is 3.17. The fourth-order valence-corrected chi connectivity index (χ4v) is 7.68. The van der Waals surface area contributed by atoms with Gasteiger partial charge in [0.25, 0.3) is 0 Å². The molecule has 0 heteroatoms. The van der Waals surface area contributed by atoms with Gasteiger partial charge in [-0.15, -0.1) is 0 Å². The highest BCUT2D eigenvalue weighted by molar-refractivity contribution is 6.19. The molecule has 0 saturated heterocycles. The van der Waals surface area contributed by atoms with E-state index in [2.05, 4.69) is 182 Å². The van der Waals surface area contributed by atoms with Crippen LogP contribution in [0.5, 0.6) is 0 Å². The molecular formula is C48H34. The van der Waals surface area contributed by atoms with Crippen molar-refractivity contribution < 1.29 is 0 Å². The van der Waals surface area contributed by atoms with Crippen molar-refractivity contribution >= 4 is 43.5 Å². The van der Waals surface area contributed by atoms with Crippen LogP contribution >= 0.6 is 0 Å². The predicted octanol–water partition coefficient (Wildman–Crippen LogP) is 13.4. The number of allylic oxidation sites excluding steroid dienone is 4. The first kappa shape index (κ1) is 28.3. The van der Waals surface area contributed by atoms with Gasteiger partial charge in [-0.3, -0.25) is 0 Å². The zero-order valence-corrected chi connectivity index (χ0v) is 26.7. The second kappa shape index (κ2) is 12.0. The average molecular weight is 611 g/mol. The van der Waals surface area contributed by atoms with Crippen LogP contribution in [-0.2, 0) is 0 Å². The molecule has 0 bridgehead atoms. The fraction of sp³-hybridized carbons (Fsp3) is 0.0417. The summed E-state index contributed by atoms with van der Waals surface area (Å²) in [6.07, 6.45) is 6.79. The highest BCUT2D eigenvalue weighted by atomic mass is 14.2. The lowest BCUT2D eigenvalue weighted by molar-refractivity contribution is 1.08. The summed E-state index contributed by atoms with van der Waals surface area (Å²) in [7, 11) is 0. The van der Waals surface area contributed by atoms with Crippen LogP contribution in [-0.4, -0.2) is 0 Å². The molecule has 0 spiro atoms. The lowest BCUT2D eigenvalue weighted by Gasteiger charge is -2.22. The topological polar surface area (TPSA) is 0 Å². The molecule has 0 amide bonds. The molecule has 0 unspecified atom stereocenters. The Kier molecular flexibility index (Phi) is 7.06. The SMILES string of the molecule is C1=C(c2cccc3ccccc23)CCC(c2c3ccccc3c(-c3ccc(-c4ccc(-c5ccccc5)cc4)cc3)c3ccccc23)=C1. The molecule has 1 aliphatic rings. The lowest BCUT2D eigenvalue weighted by atomic mass is 9.82. The number of fused-ring (bicyclic) bond motifs is 3. The molecule has 0 aliphatic heterocycles. The summed E-state index contributed by atoms with van der Waals surface area (Å²) < 4.78 is 0. The van der Waals surface area contributed by atoms with Gasteiger partial charge < -0.3 is 0 Å². The van der Waals surface area contributed by atoms with E-state index in [9.17, 15) is 0 Å². The monoisotopic (exact) mass is 610 g/mol. The van der Waals surface area contributed by atoms with Gasteiger partial charge in [-0.25, -0.2) is 0 Å². The van der Waals surface area contributed by atoms with Gasteiger partial charge in [0.15, 0.2) is 0 Å². The minimum absolute atomic E-state index is 1.01. The van der Waals surface area contributed by atoms with Gasteiger partial charge in [0.1, 0.15) is 0 Å². The number of benzene rings is 8. The molecule has 9 rings (SSSR count). The minimum atomic E-state index is 1.01. The highest BCUT2D eigenvalue weighted by Crippen LogP contribution is 2.45. The maximum absolute atomic E-state index is 2.38. The van der Waals surface area contributed by atoms with E-state index in [-0.39, 0.29) is 0 Å². The highest BCUT2D eigenvalue weighted by Gasteiger charge is 2.20. The van der Waals surface area contributed by atoms with Crippen molar-refractivity contribution in [1.29, 1.82) is 0 Å². The first-order chi connectivity index (χ1) is 23.8. The smallest absolute Gasteiger partial charge is 0.00264 e. The molecule has 0 radical (unpaired) electrons. The third-order valence-corrected chi connectivity index (χ3v) is 10.0. The first-order valence-electron chi connectivity index (χ1n) is 16.9. The van der Waals surface area contributed by atoms with Crippen LogP contribution in [0.15, 0.2) is 182 Å². The zero-order chi connectivity index (χ0) is 31.9. The van der Waals surface area contributed by atoms with Crippen molar-refractivity contribution in [3.05, 3.63) is 193 Å². The molecule has 1 aliphatic carbocycles. The van der Waals surface area contributed by atoms with Crippen LogP contribution in [0.1, 0.15) is 24.0 Å². The lowest BCUT2D eigenvalue weighted by Crippen LogP contribution is -1.98. The van der Waals surface area contributed by atoms with E-state index >= 15 is 0 Å². The van der Waals surface area contributed by atoms with E-state index in [0.717, 1.165) is 12.8 Å². The molecule has 0 atom stereocenters. The van der Waals surface area contributed by atoms with Gasteiger partial charge in [0.2, 0.25) is 0 Å². The van der Waals surface area contributed by atoms with Crippen molar-refractivity contribution in [3.63, 3.8) is 0 Å². The molecule has 0 aromatic heterocycles. The molecular weight excluding hydrogens is 577 g/mol. The summed E-state index contributed by atoms with van der Waals surface area (Å²) in [5.41, 5.74) is 13.0. The Labute approximate surface area is 282 Å². The molecule has 48 heavy (non-hydrogen) atoms. The van der Waals surface area contributed by atoms with E-state index < -0.39 is 0 Å². The third-order valence-electron chi connectivity index (χ3n) is 10.0. The van der Waals surface area contributed by atoms with Crippen LogP contribution < -0.4 is 0 Å². The standard InChI is InChI=1S/C48H34/c1-2-11-33(12-3-1)34-21-23-35(24-22-34)36-25-29-39(30-26-36)47-43-16-6-8-18-45(43)48(46-19-9-7-17-44(46)47)40-31-27-38(28-32-40)42-20-10-14-37-13-4-5-15-41(37)42/h1-27,29-31H,28,32H2. The van der Waals surface area contributed by atoms with Crippen molar-refractivity contribution in [1.82, 2.24) is 0 Å². The molecule has 0 nitrogen and oxygen atoms in total. The molecule has 0 N–H and O–H groups in total. The van der Waals surface area contributed by atoms with E-state index in [1.807, 2.05) is 0 Å². The Balaban J connectivity index is 1.12. The maximum Gasteiger partial charge on any atom is -0.00264 e. The van der Waals surface area contributed by atoms with Gasteiger partial charge >= 0.3 is 0 Å². The summed E-state index contributed by atoms with van der Waals surface area (Å²) in [5, 5.41) is 7.87. The van der Waals surface area contributed by atoms with Gasteiger partial charge in [0.05, 0.1) is 0 Å². The number of hydrogen-bond acceptors (Lipinski definition) is 0. The van der Waals surface area contributed by atoms with E-state index in [0.29, 0.717) is 0 Å². The van der Waals surface area contributed by atoms with Crippen molar-refractivity contribution in [2.24, 2.45) is 0 Å². The van der Waals surface area contributed by atoms with Crippen LogP contribution in [0.2, 0.25) is 0 Å². The Bertz CT molecular complexity index is 2450. The third kappa shape index (κ3) is 4.94. The van der Waals surface area contributed by atoms with Gasteiger partial charge in [-0.1, -0.05) is 182 Å². The van der Waals surface area contributed by atoms with Crippen molar-refractivity contribution in [2.75, 3.05) is 0 Å². The summed E-state index contributed by atoms with van der Waals surface area (Å²) in [4.78, 5) is 0. The second-order valence-corrected chi connectivity index (χ2v) is 12.8. The molecule has 226 valence electrons. The molecule has 0 fully saturated rings. The van der Waals surface area contributed by atoms with E-state index in [1.165, 1.54) is 88.0 Å². The summed E-state index contributed by atoms with van der Waals surface area (Å²) in [6.45, 7) is 0. The van der Waals surface area contributed by atoms with Crippen molar-refractivity contribution in [2.45, 2.75) is 12.8 Å². The van der Waals surface area contributed by atoms with E-state index in [4.69, 9.17) is 0 Å². The van der Waals surface area contributed by atoms with Gasteiger partial charge in [-0.2, -0.15) is 0 Å². The van der Waals surface area contributed by atoms with Crippen LogP contribution in [0.3, 0.4) is 0 Å². The fourth-order valence-electron chi connectivity index (χ4n) is 7.68. The summed E-state index contributed by atoms with van der Waals surface area (Å²) >= 11 is 0. The summed E-state index contributed by atoms with van der Waals surface area (Å²) in [5.74, 6) is 0. The van der Waals surface area contributed by atoms with Gasteiger partial charge in [0, 0.05) is 0 Å². The zero-order valence-electron chi connectivity index (χ0n) is 26.7. The normalized spacial score (nSPS) is 13.1. The minimum Gasteiger partial charge on any atom is -0.0622 e. The van der Waals surface area contributed by atoms with Crippen LogP contribution in [0.25, 0.3) is 76.8 Å². The summed E-state index contributed by atoms with van der Waals surface area (Å²) in [6, 6.07) is 62.0. The molecule has 8 aromatic rings. The van der Waals surface area contributed by atoms with Crippen molar-refractivity contribution in [3.8, 4) is 33.4 Å². The largest absolute Gasteiger partial charge is 0.0622 e. The number of rotatable bonds is 5. The predicted molar refractivity (Wildman–Crippen MR) is 207 cm³/mol. The first-order valence-corrected chi connectivity index (χ1v) is 16.9. The second-order valence-electron chi connectivity index (χ2n) is 12.8. The van der Waals surface area contributed by atoms with Crippen LogP contribution in [0, 0.1) is 0 Å². The molecule has 0 heterocycles. The Morgan fingerprint density at radius 1 is 0.271 bits per heavy atom. The molecule has 8 aromatic carbocycles. The van der Waals surface area contributed by atoms with Gasteiger partial charge in [-0.05, 0) is 101 Å². The quantitative estimate of drug-likeness (QED) is 0.170. The van der Waals surface area contributed by atoms with E-state index in [1.54, 1.807) is 0 Å². The number of hydrogen-bond donors (Lipinski definition) is 0. The molecule has 0 saturated carbocycles. The Hall–Kier alpha value is -5.98. The Morgan fingerprint density at radius 3 is 1.25 bits per heavy atom. The Morgan fingerprint density at radius 2 is 0.688 bits per heavy atom. The maximum atomic E-state index is 2.38.